The fraction of sp³-hybridized carbons (Fsp3) is 0.362. The molecule has 304 valence electrons. The number of anilines is 1. The Balaban J connectivity index is 0.000000152. The third-order valence-corrected chi connectivity index (χ3v) is 12.3. The van der Waals surface area contributed by atoms with Crippen molar-refractivity contribution in [2.45, 2.75) is 64.5 Å². The van der Waals surface area contributed by atoms with Crippen LogP contribution in [0, 0.1) is 12.7 Å². The predicted octanol–water partition coefficient (Wildman–Crippen LogP) is 7.70. The number of fused-ring (bicyclic) bond motifs is 3. The first kappa shape index (κ1) is 38.7. The first-order chi connectivity index (χ1) is 28.9. The molecule has 59 heavy (non-hydrogen) atoms. The molecule has 0 unspecified atom stereocenters. The Morgan fingerprint density at radius 2 is 1.61 bits per heavy atom. The normalized spacial score (nSPS) is 16.6. The van der Waals surface area contributed by atoms with E-state index in [9.17, 15) is 14.0 Å². The third kappa shape index (κ3) is 8.51. The van der Waals surface area contributed by atoms with Gasteiger partial charge in [-0.05, 0) is 99.1 Å². The molecular formula is C47H50FN7O4. The second kappa shape index (κ2) is 17.2. The minimum Gasteiger partial charge on any atom is -0.406 e. The van der Waals surface area contributed by atoms with E-state index in [2.05, 4.69) is 73.4 Å². The number of hydrogen-bond acceptors (Lipinski definition) is 9. The number of halogens is 1. The van der Waals surface area contributed by atoms with Crippen LogP contribution in [0.5, 0.6) is 0 Å². The van der Waals surface area contributed by atoms with Crippen molar-refractivity contribution in [3.63, 3.8) is 0 Å². The van der Waals surface area contributed by atoms with E-state index in [4.69, 9.17) is 13.9 Å². The Kier molecular flexibility index (Phi) is 11.2. The number of nitrogens with one attached hydrogen (secondary N) is 1. The average molecular weight is 796 g/mol. The van der Waals surface area contributed by atoms with E-state index in [-0.39, 0.29) is 11.4 Å². The van der Waals surface area contributed by atoms with Crippen LogP contribution in [0.2, 0.25) is 0 Å². The number of aryl methyl sites for hydroxylation is 2. The van der Waals surface area contributed by atoms with E-state index in [1.54, 1.807) is 6.07 Å². The second-order valence-electron chi connectivity index (χ2n) is 16.1. The summed E-state index contributed by atoms with van der Waals surface area (Å²) in [6.45, 7) is 10.3. The lowest BCUT2D eigenvalue weighted by Gasteiger charge is -2.36. The summed E-state index contributed by atoms with van der Waals surface area (Å²) in [6, 6.07) is 29.8. The molecule has 0 amide bonds. The Morgan fingerprint density at radius 3 is 2.44 bits per heavy atom. The standard InChI is InChI=1S/C24H23N3O2.C23H27FN4O2/c28-24-25-21-10-5-11-22(23(21)29-24)27-14-12-26(13-15-27)17-18-6-4-9-20(16-18)19-7-2-1-3-8-19;1-15-18(23(29)28-10-3-2-4-21(28)25-15)9-13-27-11-7-16(8-12-27)22-19-6-5-17(24)14-20(19)30-26-22/h1-11,16H,12-15,17H2,(H,25,28);5-6,14,16H,2-4,7-13H2,1H3. The van der Waals surface area contributed by atoms with Crippen LogP contribution in [-0.4, -0.2) is 75.3 Å². The number of hydrogen-bond donors (Lipinski definition) is 1. The van der Waals surface area contributed by atoms with E-state index in [1.165, 1.54) is 28.8 Å². The van der Waals surface area contributed by atoms with Crippen molar-refractivity contribution in [1.82, 2.24) is 29.5 Å². The number of likely N-dealkylation sites (tertiary alicyclic amines) is 1. The molecule has 7 aromatic rings. The first-order valence-electron chi connectivity index (χ1n) is 21.0. The highest BCUT2D eigenvalue weighted by Crippen LogP contribution is 2.33. The molecule has 0 saturated carbocycles. The Morgan fingerprint density at radius 1 is 0.814 bits per heavy atom. The molecule has 1 N–H and O–H groups in total. The summed E-state index contributed by atoms with van der Waals surface area (Å²) < 4.78 is 26.0. The van der Waals surface area contributed by atoms with Gasteiger partial charge in [0.25, 0.3) is 5.56 Å². The molecule has 0 aliphatic carbocycles. The molecule has 0 atom stereocenters. The molecule has 0 radical (unpaired) electrons. The Labute approximate surface area is 342 Å². The van der Waals surface area contributed by atoms with Crippen molar-refractivity contribution in [3.8, 4) is 11.1 Å². The lowest BCUT2D eigenvalue weighted by atomic mass is 9.91. The predicted molar refractivity (Wildman–Crippen MR) is 228 cm³/mol. The van der Waals surface area contributed by atoms with Crippen LogP contribution in [0.4, 0.5) is 10.1 Å². The molecule has 11 nitrogen and oxygen atoms in total. The van der Waals surface area contributed by atoms with Crippen LogP contribution >= 0.6 is 0 Å². The van der Waals surface area contributed by atoms with E-state index in [0.717, 1.165) is 137 Å². The van der Waals surface area contributed by atoms with Crippen molar-refractivity contribution in [3.05, 3.63) is 146 Å². The molecule has 0 spiro atoms. The number of benzene rings is 4. The summed E-state index contributed by atoms with van der Waals surface area (Å²) in [7, 11) is 0. The summed E-state index contributed by atoms with van der Waals surface area (Å²) in [4.78, 5) is 39.1. The van der Waals surface area contributed by atoms with E-state index in [1.807, 2.05) is 35.8 Å². The number of aromatic nitrogens is 4. The maximum Gasteiger partial charge on any atom is 0.417 e. The first-order valence-corrected chi connectivity index (χ1v) is 21.0. The van der Waals surface area contributed by atoms with Crippen LogP contribution in [0.15, 0.2) is 110 Å². The number of nitrogens with zero attached hydrogens (tertiary/aromatic N) is 6. The molecule has 0 bridgehead atoms. The van der Waals surface area contributed by atoms with Gasteiger partial charge in [0, 0.05) is 80.9 Å². The van der Waals surface area contributed by atoms with Gasteiger partial charge in [0.2, 0.25) is 0 Å². The zero-order valence-electron chi connectivity index (χ0n) is 33.5. The van der Waals surface area contributed by atoms with Crippen molar-refractivity contribution < 1.29 is 13.3 Å². The van der Waals surface area contributed by atoms with Crippen molar-refractivity contribution in [2.24, 2.45) is 0 Å². The van der Waals surface area contributed by atoms with E-state index < -0.39 is 5.76 Å². The molecule has 6 heterocycles. The number of rotatable bonds is 8. The number of oxazole rings is 1. The Hall–Kier alpha value is -5.85. The van der Waals surface area contributed by atoms with E-state index in [0.29, 0.717) is 17.1 Å². The lowest BCUT2D eigenvalue weighted by molar-refractivity contribution is 0.211. The number of aromatic amines is 1. The number of piperidine rings is 1. The van der Waals surface area contributed by atoms with Gasteiger partial charge < -0.3 is 18.7 Å². The molecule has 4 aromatic carbocycles. The fourth-order valence-corrected chi connectivity index (χ4v) is 9.04. The SMILES string of the molecule is Cc1nc2n(c(=O)c1CCN1CCC(c3noc4cc(F)ccc34)CC1)CCCC2.O=c1[nH]c2cccc(N3CCN(Cc4cccc(-c5ccccc5)c4)CC3)c2o1. The number of H-pyrrole nitrogens is 1. The van der Waals surface area contributed by atoms with Crippen LogP contribution in [-0.2, 0) is 25.9 Å². The largest absolute Gasteiger partial charge is 0.417 e. The summed E-state index contributed by atoms with van der Waals surface area (Å²) >= 11 is 0. The zero-order chi connectivity index (χ0) is 40.3. The van der Waals surface area contributed by atoms with Gasteiger partial charge in [0.05, 0.1) is 16.9 Å². The minimum atomic E-state index is -0.399. The second-order valence-corrected chi connectivity index (χ2v) is 16.1. The quantitative estimate of drug-likeness (QED) is 0.165. The van der Waals surface area contributed by atoms with Crippen molar-refractivity contribution in [1.29, 1.82) is 0 Å². The molecule has 2 saturated heterocycles. The van der Waals surface area contributed by atoms with Crippen molar-refractivity contribution >= 4 is 27.8 Å². The van der Waals surface area contributed by atoms with Gasteiger partial charge >= 0.3 is 5.76 Å². The van der Waals surface area contributed by atoms with Gasteiger partial charge in [-0.1, -0.05) is 59.8 Å². The maximum absolute atomic E-state index is 13.4. The van der Waals surface area contributed by atoms with Crippen LogP contribution in [0.3, 0.4) is 0 Å². The summed E-state index contributed by atoms with van der Waals surface area (Å²) in [5.41, 5.74) is 9.63. The molecule has 10 rings (SSSR count). The average Bonchev–Trinajstić information content (AvgIpc) is 3.87. The Bertz CT molecular complexity index is 2670. The molecule has 2 fully saturated rings. The van der Waals surface area contributed by atoms with Gasteiger partial charge in [0.15, 0.2) is 11.2 Å². The highest BCUT2D eigenvalue weighted by molar-refractivity contribution is 5.86. The zero-order valence-corrected chi connectivity index (χ0v) is 33.5. The maximum atomic E-state index is 13.4. The van der Waals surface area contributed by atoms with Gasteiger partial charge in [-0.15, -0.1) is 0 Å². The smallest absolute Gasteiger partial charge is 0.406 e. The fourth-order valence-electron chi connectivity index (χ4n) is 9.04. The molecule has 3 aromatic heterocycles. The van der Waals surface area contributed by atoms with Gasteiger partial charge in [-0.3, -0.25) is 19.2 Å². The monoisotopic (exact) mass is 795 g/mol. The summed E-state index contributed by atoms with van der Waals surface area (Å²) in [5, 5.41) is 5.15. The van der Waals surface area contributed by atoms with Gasteiger partial charge in [-0.25, -0.2) is 14.2 Å². The molecular weight excluding hydrogens is 746 g/mol. The van der Waals surface area contributed by atoms with Crippen molar-refractivity contribution in [2.75, 3.05) is 50.7 Å². The minimum absolute atomic E-state index is 0.161. The molecule has 3 aliphatic heterocycles. The summed E-state index contributed by atoms with van der Waals surface area (Å²) in [5.74, 6) is 0.575. The highest BCUT2D eigenvalue weighted by Gasteiger charge is 2.26. The number of para-hydroxylation sites is 1. The molecule has 12 heteroatoms. The van der Waals surface area contributed by atoms with Crippen LogP contribution in [0.1, 0.15) is 59.9 Å². The van der Waals surface area contributed by atoms with E-state index >= 15 is 0 Å². The molecule has 3 aliphatic rings. The van der Waals surface area contributed by atoms with Crippen LogP contribution < -0.4 is 16.2 Å². The lowest BCUT2D eigenvalue weighted by Crippen LogP contribution is -2.46. The third-order valence-electron chi connectivity index (χ3n) is 12.3. The number of piperazine rings is 1. The van der Waals surface area contributed by atoms with Crippen LogP contribution in [0.25, 0.3) is 33.2 Å². The highest BCUT2D eigenvalue weighted by atomic mass is 19.1. The summed E-state index contributed by atoms with van der Waals surface area (Å²) in [6.07, 6.45) is 5.81. The topological polar surface area (TPSA) is 117 Å². The van der Waals surface area contributed by atoms with Gasteiger partial charge in [-0.2, -0.15) is 0 Å². The van der Waals surface area contributed by atoms with Gasteiger partial charge in [0.1, 0.15) is 11.6 Å².